The molecule has 0 atom stereocenters. The molecule has 1 aliphatic heterocycles. The Kier molecular flexibility index (Phi) is 4.52. The Labute approximate surface area is 156 Å². The van der Waals surface area contributed by atoms with Crippen LogP contribution in [0.4, 0.5) is 0 Å². The van der Waals surface area contributed by atoms with E-state index in [1.54, 1.807) is 18.2 Å². The van der Waals surface area contributed by atoms with E-state index in [0.29, 0.717) is 31.2 Å². The predicted octanol–water partition coefficient (Wildman–Crippen LogP) is 3.10. The summed E-state index contributed by atoms with van der Waals surface area (Å²) in [5, 5.41) is 4.22. The lowest BCUT2D eigenvalue weighted by atomic mass is 10.0. The van der Waals surface area contributed by atoms with E-state index in [4.69, 9.17) is 16.1 Å². The van der Waals surface area contributed by atoms with Crippen molar-refractivity contribution in [3.8, 4) is 0 Å². The number of aromatic nitrogens is 2. The monoisotopic (exact) mass is 389 g/mol. The molecule has 26 heavy (non-hydrogen) atoms. The highest BCUT2D eigenvalue weighted by atomic mass is 35.5. The first-order valence-corrected chi connectivity index (χ1v) is 9.97. The molecular formula is C18H16ClN3O3S. The Hall–Kier alpha value is -2.22. The van der Waals surface area contributed by atoms with Gasteiger partial charge in [-0.05, 0) is 17.7 Å². The molecule has 4 rings (SSSR count). The van der Waals surface area contributed by atoms with E-state index in [-0.39, 0.29) is 15.8 Å². The average molecular weight is 390 g/mol. The number of halogens is 1. The minimum absolute atomic E-state index is 0.0933. The molecule has 1 aromatic heterocycles. The summed E-state index contributed by atoms with van der Waals surface area (Å²) in [4.78, 5) is 4.53. The minimum atomic E-state index is -3.60. The Bertz CT molecular complexity index is 1010. The third kappa shape index (κ3) is 3.25. The summed E-state index contributed by atoms with van der Waals surface area (Å²) in [5.41, 5.74) is 1.09. The van der Waals surface area contributed by atoms with Crippen LogP contribution in [0.3, 0.4) is 0 Å². The molecule has 6 nitrogen and oxygen atoms in total. The van der Waals surface area contributed by atoms with Gasteiger partial charge in [0.1, 0.15) is 4.90 Å². The maximum absolute atomic E-state index is 12.6. The fourth-order valence-corrected chi connectivity index (χ4v) is 4.89. The second kappa shape index (κ2) is 6.83. The minimum Gasteiger partial charge on any atom is -0.339 e. The average Bonchev–Trinajstić information content (AvgIpc) is 3.02. The van der Waals surface area contributed by atoms with Crippen molar-refractivity contribution in [2.24, 2.45) is 0 Å². The van der Waals surface area contributed by atoms with E-state index >= 15 is 0 Å². The molecule has 8 heteroatoms. The molecule has 0 bridgehead atoms. The quantitative estimate of drug-likeness (QED) is 0.670. The van der Waals surface area contributed by atoms with Crippen molar-refractivity contribution in [1.29, 1.82) is 0 Å². The van der Waals surface area contributed by atoms with Gasteiger partial charge in [0, 0.05) is 19.5 Å². The van der Waals surface area contributed by atoms with Gasteiger partial charge >= 0.3 is 0 Å². The van der Waals surface area contributed by atoms with E-state index < -0.39 is 10.0 Å². The first kappa shape index (κ1) is 17.2. The lowest BCUT2D eigenvalue weighted by Gasteiger charge is -2.35. The van der Waals surface area contributed by atoms with Gasteiger partial charge in [0.15, 0.2) is 5.82 Å². The van der Waals surface area contributed by atoms with Crippen LogP contribution in [0.15, 0.2) is 64.0 Å². The summed E-state index contributed by atoms with van der Waals surface area (Å²) < 4.78 is 32.0. The van der Waals surface area contributed by atoms with Crippen LogP contribution in [-0.2, 0) is 16.4 Å². The SMILES string of the molecule is O=S(=O)(c1ccccc1Cl)N1CC(c2nc(Cc3ccccc3)no2)C1. The summed E-state index contributed by atoms with van der Waals surface area (Å²) in [6.45, 7) is 0.612. The first-order valence-electron chi connectivity index (χ1n) is 8.15. The largest absolute Gasteiger partial charge is 0.339 e. The standard InChI is InChI=1S/C18H16ClN3O3S/c19-15-8-4-5-9-16(15)26(23,24)22-11-14(12-22)18-20-17(21-25-18)10-13-6-2-1-3-7-13/h1-9,14H,10-12H2. The number of rotatable bonds is 5. The van der Waals surface area contributed by atoms with E-state index in [1.165, 1.54) is 10.4 Å². The maximum atomic E-state index is 12.6. The van der Waals surface area contributed by atoms with Crippen molar-refractivity contribution >= 4 is 21.6 Å². The van der Waals surface area contributed by atoms with Crippen LogP contribution in [-0.4, -0.2) is 36.0 Å². The summed E-state index contributed by atoms with van der Waals surface area (Å²) in [7, 11) is -3.60. The summed E-state index contributed by atoms with van der Waals surface area (Å²) in [5.74, 6) is 0.976. The molecular weight excluding hydrogens is 374 g/mol. The number of nitrogens with zero attached hydrogens (tertiary/aromatic N) is 3. The molecule has 0 spiro atoms. The first-order chi connectivity index (χ1) is 12.5. The fourth-order valence-electron chi connectivity index (χ4n) is 2.87. The van der Waals surface area contributed by atoms with Gasteiger partial charge in [-0.3, -0.25) is 0 Å². The van der Waals surface area contributed by atoms with Crippen molar-refractivity contribution in [2.45, 2.75) is 17.2 Å². The van der Waals surface area contributed by atoms with Crippen molar-refractivity contribution < 1.29 is 12.9 Å². The smallest absolute Gasteiger partial charge is 0.244 e. The summed E-state index contributed by atoms with van der Waals surface area (Å²) >= 11 is 6.02. The van der Waals surface area contributed by atoms with Gasteiger partial charge in [0.2, 0.25) is 15.9 Å². The van der Waals surface area contributed by atoms with Crippen LogP contribution in [0.2, 0.25) is 5.02 Å². The molecule has 1 fully saturated rings. The Morgan fingerprint density at radius 2 is 1.77 bits per heavy atom. The van der Waals surface area contributed by atoms with Crippen molar-refractivity contribution in [1.82, 2.24) is 14.4 Å². The predicted molar refractivity (Wildman–Crippen MR) is 96.5 cm³/mol. The van der Waals surface area contributed by atoms with Crippen molar-refractivity contribution in [3.05, 3.63) is 76.9 Å². The maximum Gasteiger partial charge on any atom is 0.244 e. The number of sulfonamides is 1. The topological polar surface area (TPSA) is 76.3 Å². The normalized spacial score (nSPS) is 15.7. The van der Waals surface area contributed by atoms with E-state index in [0.717, 1.165) is 5.56 Å². The molecule has 2 heterocycles. The second-order valence-electron chi connectivity index (χ2n) is 6.16. The van der Waals surface area contributed by atoms with Gasteiger partial charge in [-0.15, -0.1) is 0 Å². The van der Waals surface area contributed by atoms with E-state index in [2.05, 4.69) is 10.1 Å². The molecule has 2 aromatic carbocycles. The van der Waals surface area contributed by atoms with E-state index in [9.17, 15) is 8.42 Å². The van der Waals surface area contributed by atoms with Crippen LogP contribution in [0.25, 0.3) is 0 Å². The second-order valence-corrected chi connectivity index (χ2v) is 8.47. The van der Waals surface area contributed by atoms with Crippen molar-refractivity contribution in [3.63, 3.8) is 0 Å². The number of hydrogen-bond donors (Lipinski definition) is 0. The van der Waals surface area contributed by atoms with Gasteiger partial charge in [-0.1, -0.05) is 59.2 Å². The Balaban J connectivity index is 1.43. The van der Waals surface area contributed by atoms with Gasteiger partial charge in [-0.25, -0.2) is 8.42 Å². The third-order valence-electron chi connectivity index (χ3n) is 4.34. The zero-order chi connectivity index (χ0) is 18.1. The van der Waals surface area contributed by atoms with Gasteiger partial charge < -0.3 is 4.52 Å². The van der Waals surface area contributed by atoms with Gasteiger partial charge in [-0.2, -0.15) is 9.29 Å². The zero-order valence-corrected chi connectivity index (χ0v) is 15.3. The third-order valence-corrected chi connectivity index (χ3v) is 6.67. The summed E-state index contributed by atoms with van der Waals surface area (Å²) in [6, 6.07) is 16.3. The number of benzene rings is 2. The molecule has 0 aliphatic carbocycles. The lowest BCUT2D eigenvalue weighted by molar-refractivity contribution is 0.216. The van der Waals surface area contributed by atoms with Crippen LogP contribution < -0.4 is 0 Å². The Morgan fingerprint density at radius 1 is 1.08 bits per heavy atom. The Morgan fingerprint density at radius 3 is 2.50 bits per heavy atom. The summed E-state index contributed by atoms with van der Waals surface area (Å²) in [6.07, 6.45) is 0.582. The zero-order valence-electron chi connectivity index (χ0n) is 13.7. The van der Waals surface area contributed by atoms with Crippen molar-refractivity contribution in [2.75, 3.05) is 13.1 Å². The van der Waals surface area contributed by atoms with Crippen LogP contribution in [0, 0.1) is 0 Å². The van der Waals surface area contributed by atoms with Crippen LogP contribution in [0.1, 0.15) is 23.2 Å². The molecule has 1 aliphatic rings. The molecule has 0 saturated carbocycles. The molecule has 3 aromatic rings. The lowest BCUT2D eigenvalue weighted by Crippen LogP contribution is -2.48. The molecule has 1 saturated heterocycles. The molecule has 0 N–H and O–H groups in total. The number of hydrogen-bond acceptors (Lipinski definition) is 5. The fraction of sp³-hybridized carbons (Fsp3) is 0.222. The highest BCUT2D eigenvalue weighted by Gasteiger charge is 2.41. The molecule has 0 amide bonds. The molecule has 0 radical (unpaired) electrons. The molecule has 134 valence electrons. The van der Waals surface area contributed by atoms with Gasteiger partial charge in [0.25, 0.3) is 0 Å². The molecule has 0 unspecified atom stereocenters. The van der Waals surface area contributed by atoms with Crippen LogP contribution >= 0.6 is 11.6 Å². The van der Waals surface area contributed by atoms with E-state index in [1.807, 2.05) is 30.3 Å². The highest BCUT2D eigenvalue weighted by molar-refractivity contribution is 7.89. The van der Waals surface area contributed by atoms with Gasteiger partial charge in [0.05, 0.1) is 10.9 Å². The highest BCUT2D eigenvalue weighted by Crippen LogP contribution is 2.33. The van der Waals surface area contributed by atoms with Crippen LogP contribution in [0.5, 0.6) is 0 Å².